The van der Waals surface area contributed by atoms with Crippen LogP contribution in [0, 0.1) is 0 Å². The van der Waals surface area contributed by atoms with Crippen molar-refractivity contribution in [3.8, 4) is 0 Å². The minimum Gasteiger partial charge on any atom is -0.276 e. The molecule has 1 aromatic rings. The van der Waals surface area contributed by atoms with Gasteiger partial charge in [0.1, 0.15) is 6.33 Å². The smallest absolute Gasteiger partial charge is 0.231 e. The van der Waals surface area contributed by atoms with E-state index in [2.05, 4.69) is 11.9 Å². The summed E-state index contributed by atoms with van der Waals surface area (Å²) >= 11 is 0. The fraction of sp³-hybridized carbons (Fsp3) is 0.800. The fourth-order valence-electron chi connectivity index (χ4n) is 3.01. The molecule has 0 unspecified atom stereocenters. The summed E-state index contributed by atoms with van der Waals surface area (Å²) < 4.78 is 1.59. The maximum Gasteiger partial charge on any atom is 0.231 e. The molecule has 0 aliphatic rings. The number of hydrogen-bond acceptors (Lipinski definition) is 2. The van der Waals surface area contributed by atoms with Gasteiger partial charge in [-0.2, -0.15) is 0 Å². The Morgan fingerprint density at radius 1 is 0.783 bits per heavy atom. The number of carbonyl (C=O) groups excluding carboxylic acids is 1. The third-order valence-corrected chi connectivity index (χ3v) is 4.54. The first-order valence-corrected chi connectivity index (χ1v) is 9.85. The second-order valence-electron chi connectivity index (χ2n) is 6.71. The quantitative estimate of drug-likeness (QED) is 0.351. The predicted octanol–water partition coefficient (Wildman–Crippen LogP) is 6.39. The standard InChI is InChI=1S/C20H36N2O/c1-2-3-4-5-6-7-8-9-10-11-12-13-14-15-16-20(23)22-18-17-21-19-22/h17-19H,2-16H2,1H3. The number of rotatable bonds is 15. The van der Waals surface area contributed by atoms with Gasteiger partial charge in [-0.1, -0.05) is 90.4 Å². The van der Waals surface area contributed by atoms with Gasteiger partial charge in [-0.15, -0.1) is 0 Å². The Hall–Kier alpha value is -1.12. The molecular weight excluding hydrogens is 284 g/mol. The molecule has 0 saturated carbocycles. The summed E-state index contributed by atoms with van der Waals surface area (Å²) in [7, 11) is 0. The molecule has 3 nitrogen and oxygen atoms in total. The molecule has 0 fully saturated rings. The lowest BCUT2D eigenvalue weighted by molar-refractivity contribution is 0.0898. The zero-order valence-corrected chi connectivity index (χ0v) is 15.1. The topological polar surface area (TPSA) is 34.9 Å². The van der Waals surface area contributed by atoms with E-state index in [1.807, 2.05) is 0 Å². The number of unbranched alkanes of at least 4 members (excludes halogenated alkanes) is 13. The zero-order valence-electron chi connectivity index (χ0n) is 15.1. The van der Waals surface area contributed by atoms with E-state index in [4.69, 9.17) is 0 Å². The van der Waals surface area contributed by atoms with Gasteiger partial charge in [0.05, 0.1) is 0 Å². The van der Waals surface area contributed by atoms with Crippen molar-refractivity contribution in [3.05, 3.63) is 18.7 Å². The summed E-state index contributed by atoms with van der Waals surface area (Å²) in [6.07, 6.45) is 24.5. The lowest BCUT2D eigenvalue weighted by Gasteiger charge is -2.03. The average Bonchev–Trinajstić information content (AvgIpc) is 3.09. The van der Waals surface area contributed by atoms with Crippen molar-refractivity contribution >= 4 is 5.91 Å². The normalized spacial score (nSPS) is 11.0. The Labute approximate surface area is 142 Å². The molecule has 1 rings (SSSR count). The average molecular weight is 321 g/mol. The van der Waals surface area contributed by atoms with Crippen LogP contribution >= 0.6 is 0 Å². The molecule has 3 heteroatoms. The van der Waals surface area contributed by atoms with Gasteiger partial charge >= 0.3 is 0 Å². The molecule has 0 atom stereocenters. The van der Waals surface area contributed by atoms with Gasteiger partial charge in [-0.25, -0.2) is 4.98 Å². The molecule has 0 spiro atoms. The molecule has 0 saturated heterocycles. The Balaban J connectivity index is 1.76. The Bertz CT molecular complexity index is 373. The molecule has 0 N–H and O–H groups in total. The highest BCUT2D eigenvalue weighted by Crippen LogP contribution is 2.13. The lowest BCUT2D eigenvalue weighted by atomic mass is 10.0. The van der Waals surface area contributed by atoms with Gasteiger partial charge in [-0.05, 0) is 6.42 Å². The Morgan fingerprint density at radius 3 is 1.70 bits per heavy atom. The second kappa shape index (κ2) is 14.5. The lowest BCUT2D eigenvalue weighted by Crippen LogP contribution is -2.07. The summed E-state index contributed by atoms with van der Waals surface area (Å²) in [6.45, 7) is 2.28. The maximum absolute atomic E-state index is 11.7. The van der Waals surface area contributed by atoms with Crippen LogP contribution in [0.5, 0.6) is 0 Å². The van der Waals surface area contributed by atoms with Crippen LogP contribution in [-0.4, -0.2) is 15.5 Å². The third kappa shape index (κ3) is 11.1. The highest BCUT2D eigenvalue weighted by Gasteiger charge is 2.02. The first-order valence-electron chi connectivity index (χ1n) is 9.85. The fourth-order valence-corrected chi connectivity index (χ4v) is 3.01. The number of imidazole rings is 1. The van der Waals surface area contributed by atoms with E-state index in [-0.39, 0.29) is 5.91 Å². The van der Waals surface area contributed by atoms with Crippen LogP contribution in [0.25, 0.3) is 0 Å². The Kier molecular flexibility index (Phi) is 12.5. The van der Waals surface area contributed by atoms with Crippen molar-refractivity contribution in [1.29, 1.82) is 0 Å². The molecule has 23 heavy (non-hydrogen) atoms. The summed E-state index contributed by atoms with van der Waals surface area (Å²) in [4.78, 5) is 15.7. The van der Waals surface area contributed by atoms with Gasteiger partial charge in [0.2, 0.25) is 5.91 Å². The zero-order chi connectivity index (χ0) is 16.6. The molecule has 0 aliphatic carbocycles. The molecule has 0 bridgehead atoms. The van der Waals surface area contributed by atoms with Crippen molar-refractivity contribution in [2.75, 3.05) is 0 Å². The molecule has 132 valence electrons. The minimum absolute atomic E-state index is 0.168. The van der Waals surface area contributed by atoms with Crippen molar-refractivity contribution in [2.45, 2.75) is 103 Å². The molecule has 1 aromatic heterocycles. The molecule has 0 aromatic carbocycles. The van der Waals surface area contributed by atoms with Crippen LogP contribution in [0.15, 0.2) is 18.7 Å². The van der Waals surface area contributed by atoms with E-state index >= 15 is 0 Å². The maximum atomic E-state index is 11.7. The van der Waals surface area contributed by atoms with Crippen molar-refractivity contribution < 1.29 is 4.79 Å². The largest absolute Gasteiger partial charge is 0.276 e. The molecule has 0 radical (unpaired) electrons. The van der Waals surface area contributed by atoms with Crippen LogP contribution in [0.3, 0.4) is 0 Å². The summed E-state index contributed by atoms with van der Waals surface area (Å²) in [5, 5.41) is 0. The van der Waals surface area contributed by atoms with Crippen LogP contribution < -0.4 is 0 Å². The van der Waals surface area contributed by atoms with Gasteiger partial charge in [-0.3, -0.25) is 9.36 Å². The molecule has 1 heterocycles. The molecule has 0 aliphatic heterocycles. The number of carbonyl (C=O) groups is 1. The van der Waals surface area contributed by atoms with Crippen LogP contribution in [-0.2, 0) is 0 Å². The highest BCUT2D eigenvalue weighted by molar-refractivity contribution is 5.78. The minimum atomic E-state index is 0.168. The van der Waals surface area contributed by atoms with Crippen LogP contribution in [0.2, 0.25) is 0 Å². The first kappa shape index (κ1) is 19.9. The van der Waals surface area contributed by atoms with Crippen LogP contribution in [0.1, 0.15) is 108 Å². The molecular formula is C20H36N2O. The van der Waals surface area contributed by atoms with E-state index in [0.29, 0.717) is 6.42 Å². The second-order valence-corrected chi connectivity index (χ2v) is 6.71. The predicted molar refractivity (Wildman–Crippen MR) is 97.8 cm³/mol. The summed E-state index contributed by atoms with van der Waals surface area (Å²) in [5.74, 6) is 0.168. The SMILES string of the molecule is CCCCCCCCCCCCCCCCC(=O)n1ccnc1. The van der Waals surface area contributed by atoms with Gasteiger partial charge in [0.25, 0.3) is 0 Å². The van der Waals surface area contributed by atoms with Gasteiger partial charge in [0.15, 0.2) is 0 Å². The number of nitrogens with zero attached hydrogens (tertiary/aromatic N) is 2. The van der Waals surface area contributed by atoms with E-state index in [1.165, 1.54) is 83.5 Å². The first-order chi connectivity index (χ1) is 11.3. The third-order valence-electron chi connectivity index (χ3n) is 4.54. The van der Waals surface area contributed by atoms with Gasteiger partial charge < -0.3 is 0 Å². The van der Waals surface area contributed by atoms with Crippen molar-refractivity contribution in [2.24, 2.45) is 0 Å². The molecule has 0 amide bonds. The highest BCUT2D eigenvalue weighted by atomic mass is 16.2. The van der Waals surface area contributed by atoms with E-state index < -0.39 is 0 Å². The van der Waals surface area contributed by atoms with Crippen molar-refractivity contribution in [3.63, 3.8) is 0 Å². The van der Waals surface area contributed by atoms with Gasteiger partial charge in [0, 0.05) is 18.8 Å². The van der Waals surface area contributed by atoms with E-state index in [9.17, 15) is 4.79 Å². The van der Waals surface area contributed by atoms with Crippen molar-refractivity contribution in [1.82, 2.24) is 9.55 Å². The number of aromatic nitrogens is 2. The van der Waals surface area contributed by atoms with E-state index in [0.717, 1.165) is 6.42 Å². The summed E-state index contributed by atoms with van der Waals surface area (Å²) in [5.41, 5.74) is 0. The number of hydrogen-bond donors (Lipinski definition) is 0. The van der Waals surface area contributed by atoms with Crippen LogP contribution in [0.4, 0.5) is 0 Å². The van der Waals surface area contributed by atoms with E-state index in [1.54, 1.807) is 23.3 Å². The Morgan fingerprint density at radius 2 is 1.26 bits per heavy atom. The summed E-state index contributed by atoms with van der Waals surface area (Å²) in [6, 6.07) is 0. The monoisotopic (exact) mass is 320 g/mol.